The van der Waals surface area contributed by atoms with Gasteiger partial charge < -0.3 is 28.8 Å². The van der Waals surface area contributed by atoms with E-state index in [2.05, 4.69) is 92.1 Å². The molecule has 0 radical (unpaired) electrons. The molecular formula is C55H99N2O6P. The Morgan fingerprint density at radius 2 is 0.969 bits per heavy atom. The van der Waals surface area contributed by atoms with E-state index in [4.69, 9.17) is 9.05 Å². The Bertz CT molecular complexity index is 1310. The molecule has 3 unspecified atom stereocenters. The van der Waals surface area contributed by atoms with E-state index in [0.29, 0.717) is 17.4 Å². The van der Waals surface area contributed by atoms with Gasteiger partial charge in [-0.1, -0.05) is 208 Å². The SMILES string of the molecule is CC/C=C\C/C=C\C/C=C\C/C=C\C/C=C\CCCCCCCCCCCCCCCCCC(=O)NC(COP(=O)([O-])OCC[N+](C)(C)C)C(O)/C=C/CC/C=C/CCCCCCC. The van der Waals surface area contributed by atoms with Crippen molar-refractivity contribution < 1.29 is 32.9 Å². The summed E-state index contributed by atoms with van der Waals surface area (Å²) < 4.78 is 23.2. The van der Waals surface area contributed by atoms with E-state index in [1.807, 2.05) is 27.2 Å². The molecule has 0 spiro atoms. The Labute approximate surface area is 395 Å². The second-order valence-electron chi connectivity index (χ2n) is 18.5. The molecule has 0 aromatic heterocycles. The number of unbranched alkanes of at least 4 members (excludes halogenated alkanes) is 21. The summed E-state index contributed by atoms with van der Waals surface area (Å²) in [5.74, 6) is -0.212. The molecule has 0 fully saturated rings. The van der Waals surface area contributed by atoms with E-state index in [1.165, 1.54) is 116 Å². The van der Waals surface area contributed by atoms with Crippen LogP contribution in [-0.2, 0) is 18.4 Å². The van der Waals surface area contributed by atoms with E-state index in [1.54, 1.807) is 6.08 Å². The first-order valence-corrected chi connectivity index (χ1v) is 27.4. The van der Waals surface area contributed by atoms with E-state index in [-0.39, 0.29) is 12.5 Å². The molecule has 1 amide bonds. The lowest BCUT2D eigenvalue weighted by Gasteiger charge is -2.29. The maximum atomic E-state index is 12.9. The molecule has 0 aliphatic heterocycles. The van der Waals surface area contributed by atoms with Crippen LogP contribution in [0.25, 0.3) is 0 Å². The summed E-state index contributed by atoms with van der Waals surface area (Å²) in [7, 11) is 1.23. The Morgan fingerprint density at radius 1 is 0.562 bits per heavy atom. The normalized spacial score (nSPS) is 14.8. The van der Waals surface area contributed by atoms with Crippen molar-refractivity contribution in [1.82, 2.24) is 5.32 Å². The number of allylic oxidation sites excluding steroid dienone is 13. The van der Waals surface area contributed by atoms with Crippen molar-refractivity contribution in [3.8, 4) is 0 Å². The number of phosphoric acid groups is 1. The number of hydrogen-bond donors (Lipinski definition) is 2. The minimum atomic E-state index is -4.60. The smallest absolute Gasteiger partial charge is 0.268 e. The zero-order valence-corrected chi connectivity index (χ0v) is 42.8. The maximum Gasteiger partial charge on any atom is 0.268 e. The lowest BCUT2D eigenvalue weighted by Crippen LogP contribution is -2.45. The fourth-order valence-corrected chi connectivity index (χ4v) is 7.74. The molecule has 0 rings (SSSR count). The summed E-state index contributed by atoms with van der Waals surface area (Å²) in [6.45, 7) is 4.47. The lowest BCUT2D eigenvalue weighted by atomic mass is 10.0. The number of hydrogen-bond acceptors (Lipinski definition) is 6. The lowest BCUT2D eigenvalue weighted by molar-refractivity contribution is -0.870. The number of amides is 1. The van der Waals surface area contributed by atoms with Crippen LogP contribution in [0.1, 0.15) is 206 Å². The third kappa shape index (κ3) is 47.6. The highest BCUT2D eigenvalue weighted by molar-refractivity contribution is 7.45. The number of phosphoric ester groups is 1. The van der Waals surface area contributed by atoms with Crippen LogP contribution in [0.3, 0.4) is 0 Å². The molecule has 64 heavy (non-hydrogen) atoms. The molecule has 0 saturated heterocycles. The Morgan fingerprint density at radius 3 is 1.45 bits per heavy atom. The van der Waals surface area contributed by atoms with E-state index < -0.39 is 26.6 Å². The topological polar surface area (TPSA) is 108 Å². The summed E-state index contributed by atoms with van der Waals surface area (Å²) >= 11 is 0. The number of aliphatic hydroxyl groups excluding tert-OH is 1. The summed E-state index contributed by atoms with van der Waals surface area (Å²) in [4.78, 5) is 25.3. The molecule has 370 valence electrons. The summed E-state index contributed by atoms with van der Waals surface area (Å²) in [5.41, 5.74) is 0. The molecular weight excluding hydrogens is 816 g/mol. The van der Waals surface area contributed by atoms with Crippen molar-refractivity contribution in [1.29, 1.82) is 0 Å². The van der Waals surface area contributed by atoms with Crippen molar-refractivity contribution in [3.05, 3.63) is 85.1 Å². The van der Waals surface area contributed by atoms with Gasteiger partial charge >= 0.3 is 0 Å². The van der Waals surface area contributed by atoms with E-state index >= 15 is 0 Å². The van der Waals surface area contributed by atoms with Gasteiger partial charge in [0.1, 0.15) is 13.2 Å². The number of quaternary nitrogens is 1. The number of likely N-dealkylation sites (N-methyl/N-ethyl adjacent to an activating group) is 1. The van der Waals surface area contributed by atoms with Gasteiger partial charge in [0.15, 0.2) is 0 Å². The Hall–Kier alpha value is -2.32. The highest BCUT2D eigenvalue weighted by atomic mass is 31.2. The standard InChI is InChI=1S/C55H99N2O6P/c1-6-8-10-12-14-16-18-19-20-21-22-23-24-25-26-27-28-29-30-31-32-33-34-35-36-37-39-41-43-45-47-49-55(59)56-53(52-63-64(60,61)62-51-50-57(3,4)5)54(58)48-46-44-42-40-38-17-15-13-11-9-7-2/h8,10,14,16,19-20,22-23,25-26,38,40,46,48,53-54,58H,6-7,9,11-13,15,17-18,21,24,27-37,39,41-45,47,49-52H2,1-5H3,(H-,56,59,60,61)/b10-8-,16-14-,20-19-,23-22-,26-25-,40-38+,48-46+. The molecule has 2 N–H and O–H groups in total. The average Bonchev–Trinajstić information content (AvgIpc) is 3.25. The second kappa shape index (κ2) is 45.8. The molecule has 9 heteroatoms. The average molecular weight is 915 g/mol. The Balaban J connectivity index is 4.10. The van der Waals surface area contributed by atoms with Gasteiger partial charge in [-0.15, -0.1) is 0 Å². The molecule has 0 bridgehead atoms. The second-order valence-corrected chi connectivity index (χ2v) is 19.9. The van der Waals surface area contributed by atoms with Gasteiger partial charge in [0, 0.05) is 6.42 Å². The van der Waals surface area contributed by atoms with Gasteiger partial charge in [-0.25, -0.2) is 0 Å². The summed E-state index contributed by atoms with van der Waals surface area (Å²) in [5, 5.41) is 13.8. The van der Waals surface area contributed by atoms with E-state index in [0.717, 1.165) is 70.6 Å². The van der Waals surface area contributed by atoms with Crippen molar-refractivity contribution >= 4 is 13.7 Å². The van der Waals surface area contributed by atoms with Crippen LogP contribution in [-0.4, -0.2) is 68.5 Å². The molecule has 0 saturated carbocycles. The molecule has 0 aliphatic rings. The van der Waals surface area contributed by atoms with Crippen molar-refractivity contribution in [3.63, 3.8) is 0 Å². The summed E-state index contributed by atoms with van der Waals surface area (Å²) in [6, 6.07) is -0.905. The van der Waals surface area contributed by atoms with Crippen LogP contribution >= 0.6 is 7.82 Å². The number of rotatable bonds is 46. The van der Waals surface area contributed by atoms with Crippen LogP contribution in [0.5, 0.6) is 0 Å². The monoisotopic (exact) mass is 915 g/mol. The van der Waals surface area contributed by atoms with Crippen LogP contribution in [0.2, 0.25) is 0 Å². The fourth-order valence-electron chi connectivity index (χ4n) is 7.02. The van der Waals surface area contributed by atoms with Gasteiger partial charge in [-0.3, -0.25) is 9.36 Å². The van der Waals surface area contributed by atoms with Gasteiger partial charge in [-0.05, 0) is 77.0 Å². The minimum Gasteiger partial charge on any atom is -0.756 e. The van der Waals surface area contributed by atoms with Gasteiger partial charge in [0.2, 0.25) is 5.91 Å². The largest absolute Gasteiger partial charge is 0.756 e. The Kier molecular flexibility index (Phi) is 44.2. The van der Waals surface area contributed by atoms with E-state index in [9.17, 15) is 19.4 Å². The maximum absolute atomic E-state index is 12.9. The number of nitrogens with zero attached hydrogens (tertiary/aromatic N) is 1. The molecule has 0 aromatic rings. The van der Waals surface area contributed by atoms with Gasteiger partial charge in [0.25, 0.3) is 7.82 Å². The number of carbonyl (C=O) groups excluding carboxylic acids is 1. The molecule has 8 nitrogen and oxygen atoms in total. The quantitative estimate of drug-likeness (QED) is 0.0273. The van der Waals surface area contributed by atoms with Crippen LogP contribution in [0.15, 0.2) is 85.1 Å². The number of carbonyl (C=O) groups is 1. The van der Waals surface area contributed by atoms with Gasteiger partial charge in [-0.2, -0.15) is 0 Å². The zero-order valence-electron chi connectivity index (χ0n) is 42.0. The first-order valence-electron chi connectivity index (χ1n) is 25.9. The molecule has 0 heterocycles. The molecule has 0 aliphatic carbocycles. The molecule has 3 atom stereocenters. The third-order valence-electron chi connectivity index (χ3n) is 11.1. The summed E-state index contributed by atoms with van der Waals surface area (Å²) in [6.07, 6.45) is 63.8. The zero-order chi connectivity index (χ0) is 47.1. The van der Waals surface area contributed by atoms with Gasteiger partial charge in [0.05, 0.1) is 39.9 Å². The minimum absolute atomic E-state index is 0.00924. The van der Waals surface area contributed by atoms with Crippen LogP contribution in [0, 0.1) is 0 Å². The highest BCUT2D eigenvalue weighted by Gasteiger charge is 2.23. The first-order chi connectivity index (χ1) is 31.0. The molecule has 0 aromatic carbocycles. The van der Waals surface area contributed by atoms with Crippen LogP contribution < -0.4 is 10.2 Å². The predicted molar refractivity (Wildman–Crippen MR) is 274 cm³/mol. The number of nitrogens with one attached hydrogen (secondary N) is 1. The van der Waals surface area contributed by atoms with Crippen molar-refractivity contribution in [2.45, 2.75) is 219 Å². The predicted octanol–water partition coefficient (Wildman–Crippen LogP) is 14.7. The van der Waals surface area contributed by atoms with Crippen molar-refractivity contribution in [2.75, 3.05) is 40.9 Å². The number of aliphatic hydroxyl groups is 1. The van der Waals surface area contributed by atoms with Crippen LogP contribution in [0.4, 0.5) is 0 Å². The third-order valence-corrected chi connectivity index (χ3v) is 12.1. The first kappa shape index (κ1) is 61.7. The highest BCUT2D eigenvalue weighted by Crippen LogP contribution is 2.38. The van der Waals surface area contributed by atoms with Crippen molar-refractivity contribution in [2.24, 2.45) is 0 Å². The fraction of sp³-hybridized carbons (Fsp3) is 0.727.